The maximum absolute atomic E-state index is 11.1. The van der Waals surface area contributed by atoms with Crippen molar-refractivity contribution in [3.8, 4) is 5.75 Å². The molecule has 2 N–H and O–H groups in total. The first-order valence-corrected chi connectivity index (χ1v) is 4.58. The number of carboxylic acids is 1. The molecule has 0 radical (unpaired) electrons. The van der Waals surface area contributed by atoms with E-state index in [1.807, 2.05) is 0 Å². The van der Waals surface area contributed by atoms with Gasteiger partial charge in [0, 0.05) is 11.6 Å². The number of nitro benzene ring substituents is 1. The Morgan fingerprint density at radius 2 is 1.94 bits per heavy atom. The predicted molar refractivity (Wildman–Crippen MR) is 54.4 cm³/mol. The van der Waals surface area contributed by atoms with Crippen molar-refractivity contribution in [3.05, 3.63) is 32.3 Å². The summed E-state index contributed by atoms with van der Waals surface area (Å²) in [5.41, 5.74) is -1.12. The fraction of sp³-hybridized carbons (Fsp3) is 0. The summed E-state index contributed by atoms with van der Waals surface area (Å²) in [4.78, 5) is 31.0. The summed E-state index contributed by atoms with van der Waals surface area (Å²) in [6, 6.07) is 1.70. The van der Waals surface area contributed by atoms with Crippen LogP contribution in [0.25, 0.3) is 0 Å². The van der Waals surface area contributed by atoms with Gasteiger partial charge in [0.2, 0.25) is 5.75 Å². The van der Waals surface area contributed by atoms with Gasteiger partial charge >= 0.3 is 11.7 Å². The molecule has 0 unspecified atom stereocenters. The SMILES string of the molecule is O=C(O)C(=O)c1cc(Br)c(O)c([N+](=O)[O-])c1. The van der Waals surface area contributed by atoms with Gasteiger partial charge in [-0.3, -0.25) is 14.9 Å². The molecule has 0 atom stereocenters. The number of hydrogen-bond donors (Lipinski definition) is 2. The molecule has 8 heteroatoms. The molecule has 0 heterocycles. The number of Topliss-reactive ketones (excluding diaryl/α,β-unsaturated/α-hetero) is 1. The van der Waals surface area contributed by atoms with Crippen LogP contribution in [-0.2, 0) is 4.79 Å². The number of hydrogen-bond acceptors (Lipinski definition) is 5. The van der Waals surface area contributed by atoms with Crippen LogP contribution in [0.2, 0.25) is 0 Å². The number of benzene rings is 1. The Kier molecular flexibility index (Phi) is 3.23. The van der Waals surface area contributed by atoms with Crippen LogP contribution in [0.4, 0.5) is 5.69 Å². The molecule has 0 aliphatic heterocycles. The van der Waals surface area contributed by atoms with Gasteiger partial charge in [-0.25, -0.2) is 4.79 Å². The lowest BCUT2D eigenvalue weighted by molar-refractivity contribution is -0.386. The highest BCUT2D eigenvalue weighted by Gasteiger charge is 2.23. The number of nitrogens with zero attached hydrogens (tertiary/aromatic N) is 1. The fourth-order valence-electron chi connectivity index (χ4n) is 0.978. The molecule has 7 nitrogen and oxygen atoms in total. The first kappa shape index (κ1) is 12.1. The zero-order valence-corrected chi connectivity index (χ0v) is 9.09. The molecule has 0 spiro atoms. The van der Waals surface area contributed by atoms with Gasteiger partial charge in [0.05, 0.1) is 9.40 Å². The van der Waals surface area contributed by atoms with E-state index in [0.717, 1.165) is 6.07 Å². The number of nitro groups is 1. The highest BCUT2D eigenvalue weighted by atomic mass is 79.9. The minimum atomic E-state index is -1.73. The minimum Gasteiger partial charge on any atom is -0.501 e. The molecule has 0 fully saturated rings. The van der Waals surface area contributed by atoms with Gasteiger partial charge < -0.3 is 10.2 Å². The average molecular weight is 290 g/mol. The second-order valence-corrected chi connectivity index (χ2v) is 3.57. The summed E-state index contributed by atoms with van der Waals surface area (Å²) in [5, 5.41) is 28.2. The second-order valence-electron chi connectivity index (χ2n) is 2.72. The lowest BCUT2D eigenvalue weighted by Gasteiger charge is -2.01. The molecule has 0 amide bonds. The number of rotatable bonds is 3. The van der Waals surface area contributed by atoms with Crippen molar-refractivity contribution in [2.75, 3.05) is 0 Å². The van der Waals surface area contributed by atoms with Crippen molar-refractivity contribution in [2.45, 2.75) is 0 Å². The summed E-state index contributed by atoms with van der Waals surface area (Å²) in [5.74, 6) is -3.68. The third kappa shape index (κ3) is 2.16. The zero-order chi connectivity index (χ0) is 12.5. The van der Waals surface area contributed by atoms with Gasteiger partial charge in [0.1, 0.15) is 0 Å². The van der Waals surface area contributed by atoms with Crippen LogP contribution in [0, 0.1) is 10.1 Å². The van der Waals surface area contributed by atoms with E-state index in [-0.39, 0.29) is 10.0 Å². The van der Waals surface area contributed by atoms with Crippen molar-refractivity contribution in [2.24, 2.45) is 0 Å². The first-order valence-electron chi connectivity index (χ1n) is 3.79. The Hall–Kier alpha value is -1.96. The topological polar surface area (TPSA) is 118 Å². The molecule has 0 saturated heterocycles. The van der Waals surface area contributed by atoms with Crippen molar-refractivity contribution in [1.29, 1.82) is 0 Å². The Morgan fingerprint density at radius 1 is 1.38 bits per heavy atom. The van der Waals surface area contributed by atoms with Gasteiger partial charge in [0.15, 0.2) is 0 Å². The Balaban J connectivity index is 3.40. The fourth-order valence-corrected chi connectivity index (χ4v) is 1.43. The summed E-state index contributed by atoms with van der Waals surface area (Å²) < 4.78 is -0.119. The van der Waals surface area contributed by atoms with E-state index in [1.54, 1.807) is 0 Å². The highest BCUT2D eigenvalue weighted by Crippen LogP contribution is 2.35. The lowest BCUT2D eigenvalue weighted by atomic mass is 10.1. The van der Waals surface area contributed by atoms with E-state index < -0.39 is 28.1 Å². The number of carbonyl (C=O) groups excluding carboxylic acids is 1. The van der Waals surface area contributed by atoms with Gasteiger partial charge in [-0.15, -0.1) is 0 Å². The van der Waals surface area contributed by atoms with Crippen LogP contribution >= 0.6 is 15.9 Å². The number of ketones is 1. The molecule has 1 aromatic rings. The summed E-state index contributed by atoms with van der Waals surface area (Å²) >= 11 is 2.78. The molecule has 0 aromatic heterocycles. The standard InChI is InChI=1S/C8H4BrNO6/c9-4-1-3(6(11)8(13)14)2-5(7(4)12)10(15)16/h1-2,12H,(H,13,14). The largest absolute Gasteiger partial charge is 0.501 e. The van der Waals surface area contributed by atoms with Crippen molar-refractivity contribution in [1.82, 2.24) is 0 Å². The highest BCUT2D eigenvalue weighted by molar-refractivity contribution is 9.10. The molecule has 0 bridgehead atoms. The summed E-state index contributed by atoms with van der Waals surface area (Å²) in [7, 11) is 0. The van der Waals surface area contributed by atoms with Crippen LogP contribution in [0.3, 0.4) is 0 Å². The number of phenols is 1. The van der Waals surface area contributed by atoms with E-state index >= 15 is 0 Å². The molecule has 16 heavy (non-hydrogen) atoms. The van der Waals surface area contributed by atoms with Gasteiger partial charge in [-0.05, 0) is 22.0 Å². The predicted octanol–water partition coefficient (Wildman–Crippen LogP) is 1.33. The first-order chi connectivity index (χ1) is 7.34. The number of halogens is 1. The van der Waals surface area contributed by atoms with E-state index in [1.165, 1.54) is 0 Å². The van der Waals surface area contributed by atoms with Crippen LogP contribution in [0.1, 0.15) is 10.4 Å². The van der Waals surface area contributed by atoms with E-state index in [4.69, 9.17) is 5.11 Å². The lowest BCUT2D eigenvalue weighted by Crippen LogP contribution is -2.12. The molecule has 1 aromatic carbocycles. The van der Waals surface area contributed by atoms with Gasteiger partial charge in [0.25, 0.3) is 5.78 Å². The number of phenolic OH excluding ortho intramolecular Hbond substituents is 1. The zero-order valence-electron chi connectivity index (χ0n) is 7.51. The number of aromatic hydroxyl groups is 1. The molecule has 84 valence electrons. The van der Waals surface area contributed by atoms with Gasteiger partial charge in [-0.1, -0.05) is 0 Å². The quantitative estimate of drug-likeness (QED) is 0.375. The summed E-state index contributed by atoms with van der Waals surface area (Å²) in [6.45, 7) is 0. The third-order valence-corrected chi connectivity index (χ3v) is 2.30. The van der Waals surface area contributed by atoms with Crippen LogP contribution in [-0.4, -0.2) is 26.9 Å². The van der Waals surface area contributed by atoms with Crippen LogP contribution < -0.4 is 0 Å². The number of aliphatic carboxylic acids is 1. The maximum Gasteiger partial charge on any atom is 0.377 e. The monoisotopic (exact) mass is 289 g/mol. The second kappa shape index (κ2) is 4.27. The molecular formula is C8H4BrNO6. The molecule has 0 aliphatic rings. The van der Waals surface area contributed by atoms with Gasteiger partial charge in [-0.2, -0.15) is 0 Å². The third-order valence-electron chi connectivity index (χ3n) is 1.70. The van der Waals surface area contributed by atoms with E-state index in [9.17, 15) is 24.8 Å². The minimum absolute atomic E-state index is 0.119. The maximum atomic E-state index is 11.1. The molecule has 0 saturated carbocycles. The molecular weight excluding hydrogens is 286 g/mol. The van der Waals surface area contributed by atoms with Crippen LogP contribution in [0.15, 0.2) is 16.6 Å². The normalized spacial score (nSPS) is 9.81. The number of carbonyl (C=O) groups is 2. The van der Waals surface area contributed by atoms with Crippen molar-refractivity contribution in [3.63, 3.8) is 0 Å². The Bertz CT molecular complexity index is 498. The number of carboxylic acid groups (broad SMARTS) is 1. The Morgan fingerprint density at radius 3 is 2.38 bits per heavy atom. The van der Waals surface area contributed by atoms with Crippen LogP contribution in [0.5, 0.6) is 5.75 Å². The van der Waals surface area contributed by atoms with E-state index in [0.29, 0.717) is 6.07 Å². The Labute approximate surface area is 96.6 Å². The average Bonchev–Trinajstić information content (AvgIpc) is 2.20. The van der Waals surface area contributed by atoms with Crippen molar-refractivity contribution >= 4 is 33.4 Å². The smallest absolute Gasteiger partial charge is 0.377 e. The molecule has 1 rings (SSSR count). The molecule has 0 aliphatic carbocycles. The van der Waals surface area contributed by atoms with Crippen molar-refractivity contribution < 1.29 is 24.7 Å². The summed E-state index contributed by atoms with van der Waals surface area (Å²) in [6.07, 6.45) is 0. The van der Waals surface area contributed by atoms with E-state index in [2.05, 4.69) is 15.9 Å².